The van der Waals surface area contributed by atoms with Gasteiger partial charge in [0.2, 0.25) is 0 Å². The Hall–Kier alpha value is -2.47. The predicted molar refractivity (Wildman–Crippen MR) is 78.0 cm³/mol. The van der Waals surface area contributed by atoms with E-state index in [0.29, 0.717) is 5.69 Å². The minimum absolute atomic E-state index is 0. The van der Waals surface area contributed by atoms with Gasteiger partial charge < -0.3 is 27.7 Å². The summed E-state index contributed by atoms with van der Waals surface area (Å²) in [6, 6.07) is 4.28. The molecule has 0 saturated heterocycles. The van der Waals surface area contributed by atoms with Gasteiger partial charge in [0.1, 0.15) is 17.1 Å². The molecule has 0 atom stereocenters. The summed E-state index contributed by atoms with van der Waals surface area (Å²) in [7, 11) is 3.31. The minimum atomic E-state index is -0.408. The summed E-state index contributed by atoms with van der Waals surface area (Å²) in [6.07, 6.45) is 3.03. The second-order valence-corrected chi connectivity index (χ2v) is 4.81. The molecule has 22 heavy (non-hydrogen) atoms. The minimum Gasteiger partial charge on any atom is -1.00 e. The molecular weight excluding hydrogens is 308 g/mol. The molecule has 1 aromatic heterocycles. The number of nitrogens with zero attached hydrogens (tertiary/aromatic N) is 2. The van der Waals surface area contributed by atoms with E-state index in [9.17, 15) is 20.1 Å². The molecule has 0 fully saturated rings. The van der Waals surface area contributed by atoms with Crippen LogP contribution in [0.3, 0.4) is 0 Å². The zero-order chi connectivity index (χ0) is 15.7. The highest BCUT2D eigenvalue weighted by Gasteiger charge is 2.13. The molecule has 0 radical (unpaired) electrons. The Kier molecular flexibility index (Phi) is 5.22. The van der Waals surface area contributed by atoms with Gasteiger partial charge in [-0.1, -0.05) is 0 Å². The quantitative estimate of drug-likeness (QED) is 0.333. The van der Waals surface area contributed by atoms with Gasteiger partial charge in [-0.15, -0.1) is 0 Å². The summed E-state index contributed by atoms with van der Waals surface area (Å²) >= 11 is 0. The van der Waals surface area contributed by atoms with E-state index in [1.54, 1.807) is 26.2 Å². The lowest BCUT2D eigenvalue weighted by Gasteiger charge is -2.05. The van der Waals surface area contributed by atoms with Gasteiger partial charge in [-0.25, -0.2) is 0 Å². The zero-order valence-corrected chi connectivity index (χ0v) is 13.2. The van der Waals surface area contributed by atoms with Crippen molar-refractivity contribution >= 4 is 12.2 Å². The Bertz CT molecular complexity index is 797. The summed E-state index contributed by atoms with van der Waals surface area (Å²) in [4.78, 5) is 12.0. The fraction of sp³-hybridized carbons (Fsp3) is 0.200. The second-order valence-electron chi connectivity index (χ2n) is 4.81. The molecule has 0 aliphatic carbocycles. The SMILES string of the molecule is Cc1cc(C=Cc2c(O)ccc(O)c2O)[n+](C)c(=O)n1C.[Cl-]. The van der Waals surface area contributed by atoms with Crippen molar-refractivity contribution < 1.29 is 32.3 Å². The van der Waals surface area contributed by atoms with Crippen LogP contribution in [0.5, 0.6) is 17.2 Å². The summed E-state index contributed by atoms with van der Waals surface area (Å²) < 4.78 is 2.96. The van der Waals surface area contributed by atoms with Gasteiger partial charge in [0.15, 0.2) is 11.5 Å². The third-order valence-electron chi connectivity index (χ3n) is 3.44. The number of phenols is 3. The molecule has 0 bridgehead atoms. The smallest absolute Gasteiger partial charge is 0.498 e. The highest BCUT2D eigenvalue weighted by Crippen LogP contribution is 2.36. The van der Waals surface area contributed by atoms with Gasteiger partial charge in [-0.05, 0) is 31.2 Å². The first-order valence-electron chi connectivity index (χ1n) is 6.31. The Labute approximate surface area is 133 Å². The van der Waals surface area contributed by atoms with Gasteiger partial charge in [0.25, 0.3) is 0 Å². The number of hydrogen-bond donors (Lipinski definition) is 3. The van der Waals surface area contributed by atoms with E-state index in [-0.39, 0.29) is 35.2 Å². The lowest BCUT2D eigenvalue weighted by atomic mass is 10.1. The largest absolute Gasteiger partial charge is 1.00 e. The summed E-state index contributed by atoms with van der Waals surface area (Å²) in [6.45, 7) is 1.81. The molecule has 0 unspecified atom stereocenters. The highest BCUT2D eigenvalue weighted by atomic mass is 35.5. The van der Waals surface area contributed by atoms with Crippen LogP contribution < -0.4 is 22.7 Å². The van der Waals surface area contributed by atoms with Crippen molar-refractivity contribution in [1.29, 1.82) is 0 Å². The van der Waals surface area contributed by atoms with Gasteiger partial charge in [-0.2, -0.15) is 13.9 Å². The number of aryl methyl sites for hydroxylation is 1. The van der Waals surface area contributed by atoms with E-state index >= 15 is 0 Å². The first-order chi connectivity index (χ1) is 9.82. The van der Waals surface area contributed by atoms with Crippen molar-refractivity contribution in [3.8, 4) is 17.2 Å². The maximum Gasteiger partial charge on any atom is 0.498 e. The number of aromatic hydroxyl groups is 3. The van der Waals surface area contributed by atoms with Crippen LogP contribution in [0.4, 0.5) is 0 Å². The molecule has 1 heterocycles. The number of halogens is 1. The summed E-state index contributed by atoms with van der Waals surface area (Å²) in [5.41, 5.74) is 1.30. The van der Waals surface area contributed by atoms with Crippen LogP contribution >= 0.6 is 0 Å². The standard InChI is InChI=1S/C15H16N2O4.ClH/c1-9-8-10(17(3)15(21)16(9)2)4-5-11-12(18)6-7-13(19)14(11)20;/h4-8H,1-3H3,(H2,18,19,20);1H. The molecule has 0 spiro atoms. The van der Waals surface area contributed by atoms with Crippen molar-refractivity contribution in [2.24, 2.45) is 14.1 Å². The third-order valence-corrected chi connectivity index (χ3v) is 3.44. The van der Waals surface area contributed by atoms with Crippen LogP contribution in [-0.4, -0.2) is 19.9 Å². The normalized spacial score (nSPS) is 10.7. The lowest BCUT2D eigenvalue weighted by Crippen LogP contribution is -3.00. The van der Waals surface area contributed by atoms with Gasteiger partial charge >= 0.3 is 5.69 Å². The van der Waals surface area contributed by atoms with E-state index < -0.39 is 5.75 Å². The zero-order valence-electron chi connectivity index (χ0n) is 12.4. The molecule has 118 valence electrons. The number of rotatable bonds is 2. The molecule has 2 aromatic rings. The first-order valence-corrected chi connectivity index (χ1v) is 6.31. The monoisotopic (exact) mass is 324 g/mol. The van der Waals surface area contributed by atoms with Crippen molar-refractivity contribution in [3.05, 3.63) is 45.6 Å². The van der Waals surface area contributed by atoms with Crippen LogP contribution in [-0.2, 0) is 14.1 Å². The predicted octanol–water partition coefficient (Wildman–Crippen LogP) is -2.19. The third kappa shape index (κ3) is 3.07. The van der Waals surface area contributed by atoms with Crippen molar-refractivity contribution in [3.63, 3.8) is 0 Å². The summed E-state index contributed by atoms with van der Waals surface area (Å²) in [5, 5.41) is 28.9. The Morgan fingerprint density at radius 2 is 1.73 bits per heavy atom. The van der Waals surface area contributed by atoms with Gasteiger partial charge in [-0.3, -0.25) is 0 Å². The fourth-order valence-corrected chi connectivity index (χ4v) is 1.97. The fourth-order valence-electron chi connectivity index (χ4n) is 1.97. The number of hydrogen-bond acceptors (Lipinski definition) is 4. The number of benzene rings is 1. The number of aromatic nitrogens is 2. The second kappa shape index (κ2) is 6.53. The van der Waals surface area contributed by atoms with Gasteiger partial charge in [0.05, 0.1) is 19.7 Å². The molecule has 0 amide bonds. The van der Waals surface area contributed by atoms with Crippen molar-refractivity contribution in [2.45, 2.75) is 6.92 Å². The molecule has 0 aliphatic rings. The van der Waals surface area contributed by atoms with E-state index in [1.165, 1.54) is 27.3 Å². The van der Waals surface area contributed by atoms with Crippen molar-refractivity contribution in [2.75, 3.05) is 0 Å². The van der Waals surface area contributed by atoms with Gasteiger partial charge in [0, 0.05) is 6.07 Å². The van der Waals surface area contributed by atoms with E-state index in [2.05, 4.69) is 0 Å². The molecule has 0 saturated carbocycles. The van der Waals surface area contributed by atoms with Crippen LogP contribution in [0.15, 0.2) is 23.0 Å². The molecule has 6 nitrogen and oxygen atoms in total. The molecule has 7 heteroatoms. The van der Waals surface area contributed by atoms with Crippen molar-refractivity contribution in [1.82, 2.24) is 4.57 Å². The van der Waals surface area contributed by atoms with Crippen LogP contribution in [0.2, 0.25) is 0 Å². The first kappa shape index (κ1) is 17.6. The molecule has 2 rings (SSSR count). The lowest BCUT2D eigenvalue weighted by molar-refractivity contribution is -0.692. The Morgan fingerprint density at radius 3 is 2.36 bits per heavy atom. The van der Waals surface area contributed by atoms with Crippen LogP contribution in [0.25, 0.3) is 12.2 Å². The maximum absolute atomic E-state index is 12.0. The average molecular weight is 325 g/mol. The average Bonchev–Trinajstić information content (AvgIpc) is 2.46. The highest BCUT2D eigenvalue weighted by molar-refractivity contribution is 5.75. The van der Waals surface area contributed by atoms with Crippen LogP contribution in [0.1, 0.15) is 17.0 Å². The summed E-state index contributed by atoms with van der Waals surface area (Å²) in [5.74, 6) is -0.892. The van der Waals surface area contributed by atoms with E-state index in [0.717, 1.165) is 5.69 Å². The molecular formula is C15H17ClN2O4. The topological polar surface area (TPSA) is 86.6 Å². The Morgan fingerprint density at radius 1 is 1.14 bits per heavy atom. The van der Waals surface area contributed by atoms with Crippen LogP contribution in [0, 0.1) is 6.92 Å². The number of phenolic OH excluding ortho intramolecular Hbond substituents is 3. The molecule has 3 N–H and O–H groups in total. The Balaban J connectivity index is 0.00000242. The van der Waals surface area contributed by atoms with E-state index in [1.807, 2.05) is 6.92 Å². The van der Waals surface area contributed by atoms with E-state index in [4.69, 9.17) is 0 Å². The molecule has 0 aliphatic heterocycles. The maximum atomic E-state index is 12.0. The molecule has 1 aromatic carbocycles.